The molecule has 0 spiro atoms. The largest absolute Gasteiger partial charge is 0.495 e. The van der Waals surface area contributed by atoms with Crippen molar-refractivity contribution in [1.82, 2.24) is 9.97 Å². The molecule has 0 aliphatic carbocycles. The standard InChI is InChI=1S/C19H21N5O4/c1-28-13-7-3-2-6-12(13)20-17(26)11-10-14(25)21-16-15(11)18(27)23-19(22-16)24-8-4-5-9-24/h2-3,6-7,11H,4-5,8-10H2,1H3,(H,20,26)(H2,21,22,23,25,27). The summed E-state index contributed by atoms with van der Waals surface area (Å²) in [5, 5.41) is 5.39. The zero-order valence-corrected chi connectivity index (χ0v) is 15.4. The van der Waals surface area contributed by atoms with Gasteiger partial charge in [0.1, 0.15) is 11.6 Å². The summed E-state index contributed by atoms with van der Waals surface area (Å²) in [5.41, 5.74) is 0.239. The number of ether oxygens (including phenoxy) is 1. The van der Waals surface area contributed by atoms with Crippen LogP contribution in [0.15, 0.2) is 29.1 Å². The van der Waals surface area contributed by atoms with Crippen molar-refractivity contribution in [2.45, 2.75) is 25.2 Å². The number of aromatic amines is 1. The van der Waals surface area contributed by atoms with Gasteiger partial charge in [0, 0.05) is 19.5 Å². The number of benzene rings is 1. The fraction of sp³-hybridized carbons (Fsp3) is 0.368. The smallest absolute Gasteiger partial charge is 0.258 e. The highest BCUT2D eigenvalue weighted by atomic mass is 16.5. The van der Waals surface area contributed by atoms with Gasteiger partial charge in [-0.2, -0.15) is 4.98 Å². The number of amides is 2. The van der Waals surface area contributed by atoms with Gasteiger partial charge >= 0.3 is 0 Å². The van der Waals surface area contributed by atoms with E-state index in [0.29, 0.717) is 17.4 Å². The lowest BCUT2D eigenvalue weighted by molar-refractivity contribution is -0.123. The predicted molar refractivity (Wildman–Crippen MR) is 104 cm³/mol. The molecule has 1 unspecified atom stereocenters. The van der Waals surface area contributed by atoms with Crippen LogP contribution < -0.4 is 25.8 Å². The number of methoxy groups -OCH3 is 1. The van der Waals surface area contributed by atoms with Crippen LogP contribution in [0.1, 0.15) is 30.7 Å². The first-order chi connectivity index (χ1) is 13.6. The Morgan fingerprint density at radius 2 is 2.00 bits per heavy atom. The van der Waals surface area contributed by atoms with Crippen LogP contribution in [0.4, 0.5) is 17.5 Å². The molecule has 3 heterocycles. The zero-order chi connectivity index (χ0) is 19.7. The van der Waals surface area contributed by atoms with E-state index in [1.165, 1.54) is 7.11 Å². The summed E-state index contributed by atoms with van der Waals surface area (Å²) < 4.78 is 5.24. The van der Waals surface area contributed by atoms with Crippen molar-refractivity contribution in [3.05, 3.63) is 40.2 Å². The summed E-state index contributed by atoms with van der Waals surface area (Å²) in [7, 11) is 1.50. The van der Waals surface area contributed by atoms with Gasteiger partial charge in [-0.25, -0.2) is 0 Å². The van der Waals surface area contributed by atoms with E-state index in [0.717, 1.165) is 25.9 Å². The monoisotopic (exact) mass is 383 g/mol. The number of hydrogen-bond donors (Lipinski definition) is 3. The number of aromatic nitrogens is 2. The Bertz CT molecular complexity index is 981. The Labute approximate surface area is 161 Å². The van der Waals surface area contributed by atoms with Gasteiger partial charge in [0.2, 0.25) is 17.8 Å². The van der Waals surface area contributed by atoms with Gasteiger partial charge in [0.15, 0.2) is 0 Å². The molecule has 1 aromatic carbocycles. The van der Waals surface area contributed by atoms with Crippen LogP contribution >= 0.6 is 0 Å². The van der Waals surface area contributed by atoms with Crippen molar-refractivity contribution in [2.24, 2.45) is 0 Å². The maximum Gasteiger partial charge on any atom is 0.258 e. The Kier molecular flexibility index (Phi) is 4.72. The molecule has 2 aliphatic heterocycles. The van der Waals surface area contributed by atoms with E-state index in [1.54, 1.807) is 24.3 Å². The molecule has 146 valence electrons. The van der Waals surface area contributed by atoms with Crippen LogP contribution in [0.25, 0.3) is 0 Å². The molecular formula is C19H21N5O4. The second-order valence-electron chi connectivity index (χ2n) is 6.84. The number of nitrogens with zero attached hydrogens (tertiary/aromatic N) is 2. The number of para-hydroxylation sites is 2. The molecule has 0 saturated carbocycles. The molecule has 1 atom stereocenters. The molecule has 1 saturated heterocycles. The number of carbonyl (C=O) groups excluding carboxylic acids is 2. The molecule has 0 bridgehead atoms. The molecule has 2 aromatic rings. The normalized spacial score (nSPS) is 18.4. The summed E-state index contributed by atoms with van der Waals surface area (Å²) in [6, 6.07) is 6.95. The van der Waals surface area contributed by atoms with Gasteiger partial charge in [0.25, 0.3) is 5.56 Å². The van der Waals surface area contributed by atoms with Gasteiger partial charge in [-0.05, 0) is 25.0 Å². The van der Waals surface area contributed by atoms with Crippen molar-refractivity contribution in [3.63, 3.8) is 0 Å². The van der Waals surface area contributed by atoms with Crippen LogP contribution in [0.5, 0.6) is 5.75 Å². The third kappa shape index (κ3) is 3.30. The summed E-state index contributed by atoms with van der Waals surface area (Å²) in [6.45, 7) is 1.60. The van der Waals surface area contributed by atoms with Crippen molar-refractivity contribution >= 4 is 29.3 Å². The minimum atomic E-state index is -0.933. The van der Waals surface area contributed by atoms with E-state index < -0.39 is 17.4 Å². The Morgan fingerprint density at radius 1 is 1.25 bits per heavy atom. The fourth-order valence-electron chi connectivity index (χ4n) is 3.63. The lowest BCUT2D eigenvalue weighted by atomic mass is 9.92. The quantitative estimate of drug-likeness (QED) is 0.736. The molecule has 28 heavy (non-hydrogen) atoms. The number of anilines is 3. The number of carbonyl (C=O) groups is 2. The summed E-state index contributed by atoms with van der Waals surface area (Å²) in [5.74, 6) is -0.667. The lowest BCUT2D eigenvalue weighted by Gasteiger charge is -2.25. The summed E-state index contributed by atoms with van der Waals surface area (Å²) >= 11 is 0. The van der Waals surface area contributed by atoms with Crippen LogP contribution in [0.3, 0.4) is 0 Å². The number of fused-ring (bicyclic) bond motifs is 1. The maximum atomic E-state index is 12.9. The Morgan fingerprint density at radius 3 is 2.75 bits per heavy atom. The van der Waals surface area contributed by atoms with E-state index in [2.05, 4.69) is 20.6 Å². The highest BCUT2D eigenvalue weighted by molar-refractivity contribution is 6.04. The maximum absolute atomic E-state index is 12.9. The molecule has 2 aliphatic rings. The zero-order valence-electron chi connectivity index (χ0n) is 15.4. The molecular weight excluding hydrogens is 362 g/mol. The van der Waals surface area contributed by atoms with Gasteiger partial charge in [0.05, 0.1) is 24.3 Å². The first-order valence-corrected chi connectivity index (χ1v) is 9.19. The third-order valence-corrected chi connectivity index (χ3v) is 5.03. The highest BCUT2D eigenvalue weighted by Crippen LogP contribution is 2.32. The van der Waals surface area contributed by atoms with E-state index in [1.807, 2.05) is 4.90 Å². The predicted octanol–water partition coefficient (Wildman–Crippen LogP) is 1.44. The minimum absolute atomic E-state index is 0.123. The number of nitrogens with one attached hydrogen (secondary N) is 3. The molecule has 9 heteroatoms. The van der Waals surface area contributed by atoms with E-state index in [-0.39, 0.29) is 23.7 Å². The van der Waals surface area contributed by atoms with Crippen molar-refractivity contribution < 1.29 is 14.3 Å². The summed E-state index contributed by atoms with van der Waals surface area (Å²) in [4.78, 5) is 47.0. The fourth-order valence-corrected chi connectivity index (χ4v) is 3.63. The third-order valence-electron chi connectivity index (χ3n) is 5.03. The molecule has 3 N–H and O–H groups in total. The van der Waals surface area contributed by atoms with Crippen LogP contribution in [-0.2, 0) is 9.59 Å². The van der Waals surface area contributed by atoms with Gasteiger partial charge < -0.3 is 20.3 Å². The number of H-pyrrole nitrogens is 1. The first kappa shape index (κ1) is 18.0. The van der Waals surface area contributed by atoms with Gasteiger partial charge in [-0.15, -0.1) is 0 Å². The molecule has 1 aromatic heterocycles. The number of hydrogen-bond acceptors (Lipinski definition) is 6. The van der Waals surface area contributed by atoms with E-state index in [9.17, 15) is 14.4 Å². The topological polar surface area (TPSA) is 116 Å². The minimum Gasteiger partial charge on any atom is -0.495 e. The second-order valence-corrected chi connectivity index (χ2v) is 6.84. The van der Waals surface area contributed by atoms with Crippen LogP contribution in [0.2, 0.25) is 0 Å². The van der Waals surface area contributed by atoms with Gasteiger partial charge in [-0.3, -0.25) is 19.4 Å². The van der Waals surface area contributed by atoms with Gasteiger partial charge in [-0.1, -0.05) is 12.1 Å². The molecule has 1 fully saturated rings. The van der Waals surface area contributed by atoms with Crippen molar-refractivity contribution in [2.75, 3.05) is 35.7 Å². The van der Waals surface area contributed by atoms with E-state index in [4.69, 9.17) is 4.74 Å². The van der Waals surface area contributed by atoms with E-state index >= 15 is 0 Å². The molecule has 4 rings (SSSR count). The molecule has 0 radical (unpaired) electrons. The average molecular weight is 383 g/mol. The van der Waals surface area contributed by atoms with Crippen LogP contribution in [-0.4, -0.2) is 42.0 Å². The summed E-state index contributed by atoms with van der Waals surface area (Å²) in [6.07, 6.45) is 1.93. The molecule has 2 amide bonds. The average Bonchev–Trinajstić information content (AvgIpc) is 3.22. The SMILES string of the molecule is COc1ccccc1NC(=O)C1CC(=O)Nc2nc(N3CCCC3)[nH]c(=O)c21. The second kappa shape index (κ2) is 7.34. The Balaban J connectivity index is 1.67. The lowest BCUT2D eigenvalue weighted by Crippen LogP contribution is -2.37. The Hall–Kier alpha value is -3.36. The van der Waals surface area contributed by atoms with Crippen molar-refractivity contribution in [3.8, 4) is 5.75 Å². The molecule has 9 nitrogen and oxygen atoms in total. The van der Waals surface area contributed by atoms with Crippen LogP contribution in [0, 0.1) is 0 Å². The highest BCUT2D eigenvalue weighted by Gasteiger charge is 2.35. The number of rotatable bonds is 4. The van der Waals surface area contributed by atoms with Crippen molar-refractivity contribution in [1.29, 1.82) is 0 Å². The first-order valence-electron chi connectivity index (χ1n) is 9.19.